The molecule has 0 saturated carbocycles. The quantitative estimate of drug-likeness (QED) is 0.656. The molecule has 7 heteroatoms. The maximum Gasteiger partial charge on any atom is 0.223 e. The van der Waals surface area contributed by atoms with Crippen LogP contribution >= 0.6 is 22.9 Å². The summed E-state index contributed by atoms with van der Waals surface area (Å²) >= 11 is 7.39. The van der Waals surface area contributed by atoms with Gasteiger partial charge in [0.15, 0.2) is 5.13 Å². The average molecular weight is 418 g/mol. The number of thiazole rings is 1. The van der Waals surface area contributed by atoms with Gasteiger partial charge in [-0.2, -0.15) is 0 Å². The zero-order valence-electron chi connectivity index (χ0n) is 15.3. The number of fused-ring (bicyclic) bond motifs is 1. The van der Waals surface area contributed by atoms with Crippen molar-refractivity contribution in [1.29, 1.82) is 0 Å². The lowest BCUT2D eigenvalue weighted by Gasteiger charge is -2.31. The van der Waals surface area contributed by atoms with Gasteiger partial charge >= 0.3 is 0 Å². The van der Waals surface area contributed by atoms with Gasteiger partial charge in [-0.25, -0.2) is 9.37 Å². The topological polar surface area (TPSA) is 45.2 Å². The number of benzene rings is 2. The van der Waals surface area contributed by atoms with Crippen molar-refractivity contribution in [2.45, 2.75) is 19.3 Å². The van der Waals surface area contributed by atoms with Gasteiger partial charge in [0, 0.05) is 30.6 Å². The number of hydrogen-bond donors (Lipinski definition) is 1. The van der Waals surface area contributed by atoms with Crippen LogP contribution in [0.4, 0.5) is 9.52 Å². The minimum atomic E-state index is -0.239. The molecule has 0 atom stereocenters. The number of anilines is 1. The number of halogens is 2. The largest absolute Gasteiger partial charge is 0.356 e. The van der Waals surface area contributed by atoms with Crippen molar-refractivity contribution in [3.63, 3.8) is 0 Å². The van der Waals surface area contributed by atoms with Crippen LogP contribution in [0.15, 0.2) is 42.5 Å². The molecule has 1 aromatic heterocycles. The van der Waals surface area contributed by atoms with Crippen LogP contribution in [0, 0.1) is 11.7 Å². The van der Waals surface area contributed by atoms with Gasteiger partial charge in [-0.3, -0.25) is 4.79 Å². The molecule has 2 heterocycles. The van der Waals surface area contributed by atoms with E-state index in [1.54, 1.807) is 6.07 Å². The fraction of sp³-hybridized carbons (Fsp3) is 0.333. The number of amides is 1. The highest BCUT2D eigenvalue weighted by atomic mass is 35.5. The smallest absolute Gasteiger partial charge is 0.223 e. The molecule has 1 saturated heterocycles. The lowest BCUT2D eigenvalue weighted by Crippen LogP contribution is -2.41. The molecule has 1 aliphatic heterocycles. The molecule has 4 rings (SSSR count). The predicted molar refractivity (Wildman–Crippen MR) is 113 cm³/mol. The normalized spacial score (nSPS) is 15.1. The number of rotatable bonds is 5. The molecule has 0 radical (unpaired) electrons. The average Bonchev–Trinajstić information content (AvgIpc) is 3.12. The van der Waals surface area contributed by atoms with Gasteiger partial charge in [-0.1, -0.05) is 35.1 Å². The first-order valence-electron chi connectivity index (χ1n) is 9.42. The first kappa shape index (κ1) is 19.2. The molecule has 146 valence electrons. The monoisotopic (exact) mass is 417 g/mol. The maximum atomic E-state index is 13.4. The Balaban J connectivity index is 1.27. The molecule has 3 aromatic rings. The molecule has 1 fully saturated rings. The highest BCUT2D eigenvalue weighted by Crippen LogP contribution is 2.31. The number of aromatic nitrogens is 1. The molecule has 28 heavy (non-hydrogen) atoms. The third-order valence-corrected chi connectivity index (χ3v) is 6.43. The Morgan fingerprint density at radius 1 is 1.21 bits per heavy atom. The van der Waals surface area contributed by atoms with Crippen LogP contribution in [-0.4, -0.2) is 30.5 Å². The van der Waals surface area contributed by atoms with E-state index in [0.29, 0.717) is 6.54 Å². The predicted octanol–water partition coefficient (Wildman–Crippen LogP) is 4.66. The number of piperidine rings is 1. The van der Waals surface area contributed by atoms with Crippen LogP contribution in [-0.2, 0) is 11.2 Å². The summed E-state index contributed by atoms with van der Waals surface area (Å²) in [5, 5.41) is 4.68. The molecule has 1 aliphatic rings. The van der Waals surface area contributed by atoms with E-state index in [4.69, 9.17) is 11.6 Å². The van der Waals surface area contributed by atoms with Crippen LogP contribution in [0.2, 0.25) is 5.02 Å². The van der Waals surface area contributed by atoms with E-state index < -0.39 is 0 Å². The highest BCUT2D eigenvalue weighted by molar-refractivity contribution is 7.22. The van der Waals surface area contributed by atoms with E-state index >= 15 is 0 Å². The standard InChI is InChI=1S/C21H21ClFN3OS/c22-16-3-1-14(2-4-16)7-10-24-20(27)15-8-11-26(12-9-15)21-25-18-6-5-17(23)13-19(18)28-21/h1-6,13,15H,7-12H2,(H,24,27). The number of nitrogens with zero attached hydrogens (tertiary/aromatic N) is 2. The minimum Gasteiger partial charge on any atom is -0.356 e. The molecule has 1 amide bonds. The van der Waals surface area contributed by atoms with Gasteiger partial charge < -0.3 is 10.2 Å². The van der Waals surface area contributed by atoms with Crippen molar-refractivity contribution >= 4 is 44.2 Å². The lowest BCUT2D eigenvalue weighted by atomic mass is 9.96. The Bertz CT molecular complexity index is 967. The summed E-state index contributed by atoms with van der Waals surface area (Å²) in [5.74, 6) is -0.0787. The van der Waals surface area contributed by atoms with Crippen LogP contribution in [0.5, 0.6) is 0 Å². The van der Waals surface area contributed by atoms with E-state index in [1.807, 2.05) is 24.3 Å². The van der Waals surface area contributed by atoms with E-state index in [0.717, 1.165) is 58.3 Å². The van der Waals surface area contributed by atoms with Crippen molar-refractivity contribution in [1.82, 2.24) is 10.3 Å². The highest BCUT2D eigenvalue weighted by Gasteiger charge is 2.26. The first-order valence-corrected chi connectivity index (χ1v) is 10.6. The Kier molecular flexibility index (Phi) is 5.78. The number of nitrogens with one attached hydrogen (secondary N) is 1. The summed E-state index contributed by atoms with van der Waals surface area (Å²) in [5.41, 5.74) is 1.98. The lowest BCUT2D eigenvalue weighted by molar-refractivity contribution is -0.125. The summed E-state index contributed by atoms with van der Waals surface area (Å²) in [6, 6.07) is 12.4. The van der Waals surface area contributed by atoms with Crippen LogP contribution in [0.1, 0.15) is 18.4 Å². The van der Waals surface area contributed by atoms with E-state index in [1.165, 1.54) is 23.5 Å². The fourth-order valence-corrected chi connectivity index (χ4v) is 4.65. The van der Waals surface area contributed by atoms with Crippen molar-refractivity contribution in [3.05, 3.63) is 58.9 Å². The molecular formula is C21H21ClFN3OS. The summed E-state index contributed by atoms with van der Waals surface area (Å²) in [7, 11) is 0. The third-order valence-electron chi connectivity index (χ3n) is 5.10. The van der Waals surface area contributed by atoms with Gasteiger partial charge in [0.25, 0.3) is 0 Å². The summed E-state index contributed by atoms with van der Waals surface area (Å²) in [6.45, 7) is 2.21. The number of carbonyl (C=O) groups is 1. The van der Waals surface area contributed by atoms with Gasteiger partial charge in [0.1, 0.15) is 5.82 Å². The molecule has 0 spiro atoms. The number of carbonyl (C=O) groups excluding carboxylic acids is 1. The molecule has 1 N–H and O–H groups in total. The number of hydrogen-bond acceptors (Lipinski definition) is 4. The molecule has 4 nitrogen and oxygen atoms in total. The Hall–Kier alpha value is -2.18. The first-order chi connectivity index (χ1) is 13.6. The van der Waals surface area contributed by atoms with Crippen molar-refractivity contribution < 1.29 is 9.18 Å². The van der Waals surface area contributed by atoms with Crippen LogP contribution < -0.4 is 10.2 Å². The molecular weight excluding hydrogens is 397 g/mol. The second kappa shape index (κ2) is 8.45. The molecule has 0 aliphatic carbocycles. The molecule has 0 unspecified atom stereocenters. The van der Waals surface area contributed by atoms with E-state index in [-0.39, 0.29) is 17.6 Å². The summed E-state index contributed by atoms with van der Waals surface area (Å²) in [6.07, 6.45) is 2.40. The van der Waals surface area contributed by atoms with Crippen LogP contribution in [0.25, 0.3) is 10.2 Å². The second-order valence-corrected chi connectivity index (χ2v) is 8.48. The Morgan fingerprint density at radius 2 is 1.96 bits per heavy atom. The van der Waals surface area contributed by atoms with Crippen LogP contribution in [0.3, 0.4) is 0 Å². The van der Waals surface area contributed by atoms with E-state index in [2.05, 4.69) is 15.2 Å². The Labute approximate surface area is 172 Å². The fourth-order valence-electron chi connectivity index (χ4n) is 3.48. The van der Waals surface area contributed by atoms with Gasteiger partial charge in [0.05, 0.1) is 10.2 Å². The van der Waals surface area contributed by atoms with E-state index in [9.17, 15) is 9.18 Å². The van der Waals surface area contributed by atoms with Gasteiger partial charge in [-0.15, -0.1) is 0 Å². The third kappa shape index (κ3) is 4.45. The van der Waals surface area contributed by atoms with Gasteiger partial charge in [0.2, 0.25) is 5.91 Å². The zero-order valence-corrected chi connectivity index (χ0v) is 16.9. The minimum absolute atomic E-state index is 0.0355. The zero-order chi connectivity index (χ0) is 19.5. The Morgan fingerprint density at radius 3 is 2.71 bits per heavy atom. The maximum absolute atomic E-state index is 13.4. The summed E-state index contributed by atoms with van der Waals surface area (Å²) in [4.78, 5) is 19.3. The molecule has 2 aromatic carbocycles. The van der Waals surface area contributed by atoms with Crippen molar-refractivity contribution in [2.75, 3.05) is 24.5 Å². The van der Waals surface area contributed by atoms with Crippen molar-refractivity contribution in [2.24, 2.45) is 5.92 Å². The van der Waals surface area contributed by atoms with Gasteiger partial charge in [-0.05, 0) is 55.2 Å². The SMILES string of the molecule is O=C(NCCc1ccc(Cl)cc1)C1CCN(c2nc3ccc(F)cc3s2)CC1. The molecule has 0 bridgehead atoms. The summed E-state index contributed by atoms with van der Waals surface area (Å²) < 4.78 is 14.2. The second-order valence-electron chi connectivity index (χ2n) is 7.04. The van der Waals surface area contributed by atoms with Crippen molar-refractivity contribution in [3.8, 4) is 0 Å².